The standard InChI is InChI=1S/C17H26N4O/c1-3-21-8-4-5-14(12-21)9-18-10-15-11-19-20-17(15)16-7-6-13(2)22-16/h6-7,11,14,18H,3-5,8-10,12H2,1-2H3,(H,19,20). The lowest BCUT2D eigenvalue weighted by Crippen LogP contribution is -2.39. The van der Waals surface area contributed by atoms with Crippen molar-refractivity contribution in [2.45, 2.75) is 33.2 Å². The summed E-state index contributed by atoms with van der Waals surface area (Å²) in [6.45, 7) is 9.75. The highest BCUT2D eigenvalue weighted by atomic mass is 16.3. The molecule has 1 unspecified atom stereocenters. The third-order valence-corrected chi connectivity index (χ3v) is 4.50. The predicted molar refractivity (Wildman–Crippen MR) is 87.6 cm³/mol. The Bertz CT molecular complexity index is 589. The molecule has 120 valence electrons. The molecule has 3 rings (SSSR count). The highest BCUT2D eigenvalue weighted by Gasteiger charge is 2.18. The summed E-state index contributed by atoms with van der Waals surface area (Å²) >= 11 is 0. The number of piperidine rings is 1. The van der Waals surface area contributed by atoms with Crippen LogP contribution in [0.2, 0.25) is 0 Å². The maximum absolute atomic E-state index is 5.69. The molecule has 2 N–H and O–H groups in total. The van der Waals surface area contributed by atoms with Crippen LogP contribution in [-0.4, -0.2) is 41.3 Å². The number of aryl methyl sites for hydroxylation is 1. The second-order valence-corrected chi connectivity index (χ2v) is 6.21. The molecule has 2 aromatic rings. The minimum Gasteiger partial charge on any atom is -0.460 e. The van der Waals surface area contributed by atoms with E-state index in [-0.39, 0.29) is 0 Å². The number of H-pyrrole nitrogens is 1. The number of likely N-dealkylation sites (tertiary alicyclic amines) is 1. The van der Waals surface area contributed by atoms with Crippen LogP contribution in [0, 0.1) is 12.8 Å². The summed E-state index contributed by atoms with van der Waals surface area (Å²) in [5.41, 5.74) is 2.15. The van der Waals surface area contributed by atoms with Gasteiger partial charge in [-0.15, -0.1) is 0 Å². The number of nitrogens with one attached hydrogen (secondary N) is 2. The van der Waals surface area contributed by atoms with E-state index >= 15 is 0 Å². The van der Waals surface area contributed by atoms with E-state index in [1.807, 2.05) is 25.3 Å². The van der Waals surface area contributed by atoms with Gasteiger partial charge in [0.05, 0.1) is 6.20 Å². The molecule has 22 heavy (non-hydrogen) atoms. The Morgan fingerprint density at radius 3 is 3.14 bits per heavy atom. The van der Waals surface area contributed by atoms with E-state index in [2.05, 4.69) is 27.3 Å². The first kappa shape index (κ1) is 15.3. The van der Waals surface area contributed by atoms with Gasteiger partial charge in [-0.2, -0.15) is 5.10 Å². The van der Waals surface area contributed by atoms with Crippen molar-refractivity contribution in [1.29, 1.82) is 0 Å². The van der Waals surface area contributed by atoms with Crippen LogP contribution in [0.3, 0.4) is 0 Å². The molecule has 0 spiro atoms. The minimum absolute atomic E-state index is 0.759. The Balaban J connectivity index is 1.53. The van der Waals surface area contributed by atoms with E-state index in [9.17, 15) is 0 Å². The first-order valence-corrected chi connectivity index (χ1v) is 8.28. The first-order chi connectivity index (χ1) is 10.8. The molecule has 1 atom stereocenters. The zero-order valence-corrected chi connectivity index (χ0v) is 13.6. The summed E-state index contributed by atoms with van der Waals surface area (Å²) in [4.78, 5) is 2.55. The fourth-order valence-corrected chi connectivity index (χ4v) is 3.24. The fraction of sp³-hybridized carbons (Fsp3) is 0.588. The van der Waals surface area contributed by atoms with Crippen LogP contribution in [0.15, 0.2) is 22.7 Å². The van der Waals surface area contributed by atoms with Crippen molar-refractivity contribution < 1.29 is 4.42 Å². The molecule has 5 heteroatoms. The number of aromatic amines is 1. The van der Waals surface area contributed by atoms with Gasteiger partial charge in [-0.05, 0) is 57.5 Å². The second-order valence-electron chi connectivity index (χ2n) is 6.21. The van der Waals surface area contributed by atoms with Gasteiger partial charge in [0.2, 0.25) is 0 Å². The van der Waals surface area contributed by atoms with Gasteiger partial charge in [0, 0.05) is 18.7 Å². The summed E-state index contributed by atoms with van der Waals surface area (Å²) < 4.78 is 5.69. The van der Waals surface area contributed by atoms with Crippen molar-refractivity contribution in [3.63, 3.8) is 0 Å². The lowest BCUT2D eigenvalue weighted by molar-refractivity contribution is 0.180. The monoisotopic (exact) mass is 302 g/mol. The van der Waals surface area contributed by atoms with E-state index in [4.69, 9.17) is 4.42 Å². The molecule has 1 fully saturated rings. The third kappa shape index (κ3) is 3.59. The molecule has 5 nitrogen and oxygen atoms in total. The molecule has 0 aromatic carbocycles. The summed E-state index contributed by atoms with van der Waals surface area (Å²) in [6, 6.07) is 3.97. The second kappa shape index (κ2) is 7.11. The van der Waals surface area contributed by atoms with Crippen molar-refractivity contribution in [2.75, 3.05) is 26.2 Å². The number of rotatable bonds is 6. The first-order valence-electron chi connectivity index (χ1n) is 8.28. The van der Waals surface area contributed by atoms with Gasteiger partial charge >= 0.3 is 0 Å². The molecule has 1 saturated heterocycles. The smallest absolute Gasteiger partial charge is 0.152 e. The summed E-state index contributed by atoms with van der Waals surface area (Å²) in [5.74, 6) is 2.54. The molecule has 1 aliphatic rings. The van der Waals surface area contributed by atoms with E-state index in [1.54, 1.807) is 0 Å². The summed E-state index contributed by atoms with van der Waals surface area (Å²) in [7, 11) is 0. The van der Waals surface area contributed by atoms with Gasteiger partial charge in [-0.1, -0.05) is 6.92 Å². The van der Waals surface area contributed by atoms with Crippen LogP contribution < -0.4 is 5.32 Å². The van der Waals surface area contributed by atoms with Crippen molar-refractivity contribution in [3.8, 4) is 11.5 Å². The Morgan fingerprint density at radius 2 is 2.36 bits per heavy atom. The minimum atomic E-state index is 0.759. The van der Waals surface area contributed by atoms with E-state index < -0.39 is 0 Å². The van der Waals surface area contributed by atoms with Crippen molar-refractivity contribution in [1.82, 2.24) is 20.4 Å². The zero-order chi connectivity index (χ0) is 15.4. The average molecular weight is 302 g/mol. The molecule has 2 aromatic heterocycles. The fourth-order valence-electron chi connectivity index (χ4n) is 3.24. The van der Waals surface area contributed by atoms with Gasteiger partial charge in [-0.25, -0.2) is 0 Å². The summed E-state index contributed by atoms with van der Waals surface area (Å²) in [5, 5.41) is 10.8. The van der Waals surface area contributed by atoms with Crippen molar-refractivity contribution >= 4 is 0 Å². The Labute approximate surface area is 132 Å². The normalized spacial score (nSPS) is 19.6. The maximum atomic E-state index is 5.69. The number of nitrogens with zero attached hydrogens (tertiary/aromatic N) is 2. The number of hydrogen-bond acceptors (Lipinski definition) is 4. The lowest BCUT2D eigenvalue weighted by atomic mass is 9.98. The molecule has 0 aliphatic carbocycles. The highest BCUT2D eigenvalue weighted by Crippen LogP contribution is 2.23. The number of hydrogen-bond donors (Lipinski definition) is 2. The molecule has 0 bridgehead atoms. The SMILES string of the molecule is CCN1CCCC(CNCc2cn[nH]c2-c2ccc(C)o2)C1. The number of aromatic nitrogens is 2. The Morgan fingerprint density at radius 1 is 1.45 bits per heavy atom. The van der Waals surface area contributed by atoms with Crippen LogP contribution in [0.1, 0.15) is 31.1 Å². The van der Waals surface area contributed by atoms with Gasteiger partial charge in [0.15, 0.2) is 5.76 Å². The average Bonchev–Trinajstić information content (AvgIpc) is 3.16. The topological polar surface area (TPSA) is 57.1 Å². The van der Waals surface area contributed by atoms with Crippen LogP contribution in [0.4, 0.5) is 0 Å². The van der Waals surface area contributed by atoms with E-state index in [0.29, 0.717) is 0 Å². The molecule has 0 radical (unpaired) electrons. The highest BCUT2D eigenvalue weighted by molar-refractivity contribution is 5.56. The molecule has 3 heterocycles. The Kier molecular flexibility index (Phi) is 4.95. The third-order valence-electron chi connectivity index (χ3n) is 4.50. The van der Waals surface area contributed by atoms with Gasteiger partial charge in [-0.3, -0.25) is 5.10 Å². The van der Waals surface area contributed by atoms with Crippen molar-refractivity contribution in [2.24, 2.45) is 5.92 Å². The van der Waals surface area contributed by atoms with Crippen molar-refractivity contribution in [3.05, 3.63) is 29.7 Å². The molecule has 0 saturated carbocycles. The van der Waals surface area contributed by atoms with Gasteiger partial charge in [0.1, 0.15) is 11.5 Å². The largest absolute Gasteiger partial charge is 0.460 e. The van der Waals surface area contributed by atoms with Gasteiger partial charge < -0.3 is 14.6 Å². The number of furan rings is 1. The lowest BCUT2D eigenvalue weighted by Gasteiger charge is -2.31. The quantitative estimate of drug-likeness (QED) is 0.861. The Hall–Kier alpha value is -1.59. The molecule has 0 amide bonds. The van der Waals surface area contributed by atoms with E-state index in [0.717, 1.165) is 41.8 Å². The zero-order valence-electron chi connectivity index (χ0n) is 13.6. The van der Waals surface area contributed by atoms with E-state index in [1.165, 1.54) is 32.5 Å². The van der Waals surface area contributed by atoms with Crippen LogP contribution in [-0.2, 0) is 6.54 Å². The van der Waals surface area contributed by atoms with Crippen LogP contribution in [0.25, 0.3) is 11.5 Å². The maximum Gasteiger partial charge on any atom is 0.152 e. The molecular weight excluding hydrogens is 276 g/mol. The van der Waals surface area contributed by atoms with Crippen LogP contribution >= 0.6 is 0 Å². The molecular formula is C17H26N4O. The summed E-state index contributed by atoms with van der Waals surface area (Å²) in [6.07, 6.45) is 4.54. The van der Waals surface area contributed by atoms with Crippen LogP contribution in [0.5, 0.6) is 0 Å². The molecule has 1 aliphatic heterocycles. The van der Waals surface area contributed by atoms with Gasteiger partial charge in [0.25, 0.3) is 0 Å². The predicted octanol–water partition coefficient (Wildman–Crippen LogP) is 2.80.